The average molecular weight is 502 g/mol. The Morgan fingerprint density at radius 1 is 0.861 bits per heavy atom. The second kappa shape index (κ2) is 11.7. The first-order chi connectivity index (χ1) is 17.5. The van der Waals surface area contributed by atoms with Gasteiger partial charge < -0.3 is 16.0 Å². The van der Waals surface area contributed by atoms with Crippen molar-refractivity contribution in [3.05, 3.63) is 91.0 Å². The molecule has 0 radical (unpaired) electrons. The van der Waals surface area contributed by atoms with Gasteiger partial charge in [-0.3, -0.25) is 10.2 Å². The number of unbranched alkanes of at least 4 members (excludes halogenated alkanes) is 2. The van der Waals surface area contributed by atoms with E-state index < -0.39 is 7.26 Å². The first-order valence-electron chi connectivity index (χ1n) is 12.9. The number of amides is 1. The van der Waals surface area contributed by atoms with Crippen LogP contribution in [0.3, 0.4) is 0 Å². The topological polar surface area (TPSA) is 82.2 Å². The van der Waals surface area contributed by atoms with Gasteiger partial charge in [0, 0.05) is 20.1 Å². The molecule has 1 saturated carbocycles. The average Bonchev–Trinajstić information content (AvgIpc) is 3.70. The number of carbonyl (C=O) groups is 1. The Morgan fingerprint density at radius 3 is 1.75 bits per heavy atom. The van der Waals surface area contributed by atoms with Gasteiger partial charge in [0.25, 0.3) is 0 Å². The van der Waals surface area contributed by atoms with Crippen molar-refractivity contribution in [2.75, 3.05) is 26.3 Å². The number of hydrogen-bond acceptors (Lipinski definition) is 2. The predicted molar refractivity (Wildman–Crippen MR) is 153 cm³/mol. The Bertz CT molecular complexity index is 1040. The first kappa shape index (κ1) is 25.9. The highest BCUT2D eigenvalue weighted by atomic mass is 31.2. The molecule has 5 nitrogen and oxygen atoms in total. The molecule has 0 aliphatic heterocycles. The van der Waals surface area contributed by atoms with Crippen molar-refractivity contribution in [2.45, 2.75) is 32.1 Å². The molecule has 6 heteroatoms. The fourth-order valence-corrected chi connectivity index (χ4v) is 9.48. The zero-order valence-corrected chi connectivity index (χ0v) is 22.1. The molecule has 0 spiro atoms. The third-order valence-corrected chi connectivity index (χ3v) is 11.9. The molecule has 3 aromatic carbocycles. The number of hydrogen-bond donors (Lipinski definition) is 3. The minimum Gasteiger partial charge on any atom is -0.370 e. The molecule has 1 aliphatic carbocycles. The maximum absolute atomic E-state index is 12.8. The predicted octanol–water partition coefficient (Wildman–Crippen LogP) is 3.87. The van der Waals surface area contributed by atoms with Gasteiger partial charge in [-0.15, -0.1) is 0 Å². The lowest BCUT2D eigenvalue weighted by molar-refractivity contribution is -0.126. The Kier molecular flexibility index (Phi) is 8.43. The van der Waals surface area contributed by atoms with Crippen LogP contribution in [0, 0.1) is 10.8 Å². The van der Waals surface area contributed by atoms with Crippen LogP contribution in [0.25, 0.3) is 0 Å². The minimum absolute atomic E-state index is 0.0103. The third-order valence-electron chi connectivity index (χ3n) is 7.33. The Morgan fingerprint density at radius 2 is 1.33 bits per heavy atom. The summed E-state index contributed by atoms with van der Waals surface area (Å²) in [7, 11) is -0.0127. The number of nitrogens with two attached hydrogens (primary N) is 1. The molecule has 1 fully saturated rings. The molecule has 0 unspecified atom stereocenters. The molecule has 1 amide bonds. The van der Waals surface area contributed by atoms with E-state index in [2.05, 4.69) is 96.3 Å². The van der Waals surface area contributed by atoms with E-state index in [1.807, 2.05) is 0 Å². The highest BCUT2D eigenvalue weighted by Gasteiger charge is 2.50. The number of benzene rings is 3. The Labute approximate surface area is 216 Å². The lowest BCUT2D eigenvalue weighted by Crippen LogP contribution is -2.43. The number of guanidine groups is 1. The molecule has 0 saturated heterocycles. The van der Waals surface area contributed by atoms with Crippen molar-refractivity contribution < 1.29 is 4.79 Å². The van der Waals surface area contributed by atoms with Crippen LogP contribution in [0.5, 0.6) is 0 Å². The van der Waals surface area contributed by atoms with E-state index in [1.54, 1.807) is 11.9 Å². The molecule has 0 bridgehead atoms. The molecule has 0 atom stereocenters. The summed E-state index contributed by atoms with van der Waals surface area (Å²) in [6, 6.07) is 33.0. The summed E-state index contributed by atoms with van der Waals surface area (Å²) in [5.74, 6) is 0.117. The van der Waals surface area contributed by atoms with Crippen molar-refractivity contribution in [3.8, 4) is 0 Å². The molecule has 4 N–H and O–H groups in total. The molecule has 188 valence electrons. The summed E-state index contributed by atoms with van der Waals surface area (Å²) in [6.07, 6.45) is 5.97. The highest BCUT2D eigenvalue weighted by molar-refractivity contribution is 7.95. The van der Waals surface area contributed by atoms with E-state index in [1.165, 1.54) is 15.9 Å². The summed E-state index contributed by atoms with van der Waals surface area (Å²) in [5, 5.41) is 15.0. The van der Waals surface area contributed by atoms with Crippen molar-refractivity contribution in [1.29, 1.82) is 5.41 Å². The standard InChI is InChI=1S/C30H37N4OP/c1-34(29(31)32)24-30(20-21-30)28(35)33-22-12-5-13-23-36(25-14-6-2-7-15-25,26-16-8-3-9-17-26)27-18-10-4-11-19-27/h2-4,6-11,14-19H,5,12-13,20-24H2,1H3,(H3-,31,32,33,35)/p+1. The Balaban J connectivity index is 1.41. The van der Waals surface area contributed by atoms with Crippen LogP contribution in [0.2, 0.25) is 0 Å². The number of rotatable bonds is 12. The van der Waals surface area contributed by atoms with Crippen LogP contribution >= 0.6 is 7.26 Å². The van der Waals surface area contributed by atoms with Gasteiger partial charge in [0.2, 0.25) is 5.91 Å². The van der Waals surface area contributed by atoms with Crippen LogP contribution in [0.1, 0.15) is 32.1 Å². The van der Waals surface area contributed by atoms with Gasteiger partial charge in [0.1, 0.15) is 23.2 Å². The van der Waals surface area contributed by atoms with Gasteiger partial charge in [-0.2, -0.15) is 0 Å². The minimum atomic E-state index is -1.79. The second-order valence-corrected chi connectivity index (χ2v) is 13.5. The smallest absolute Gasteiger partial charge is 0.228 e. The van der Waals surface area contributed by atoms with Gasteiger partial charge in [-0.05, 0) is 68.5 Å². The van der Waals surface area contributed by atoms with Gasteiger partial charge in [0.15, 0.2) is 5.96 Å². The van der Waals surface area contributed by atoms with Crippen molar-refractivity contribution in [3.63, 3.8) is 0 Å². The molecule has 4 rings (SSSR count). The SMILES string of the molecule is CN(CC1(C(=O)NCCCCC[P+](c2ccccc2)(c2ccccc2)c2ccccc2)CC1)C(=N)N. The van der Waals surface area contributed by atoms with Crippen molar-refractivity contribution >= 4 is 35.0 Å². The summed E-state index contributed by atoms with van der Waals surface area (Å²) >= 11 is 0. The van der Waals surface area contributed by atoms with Gasteiger partial charge in [-0.1, -0.05) is 54.6 Å². The van der Waals surface area contributed by atoms with E-state index in [9.17, 15) is 4.79 Å². The van der Waals surface area contributed by atoms with Crippen LogP contribution in [0.4, 0.5) is 0 Å². The van der Waals surface area contributed by atoms with Gasteiger partial charge in [0.05, 0.1) is 11.6 Å². The van der Waals surface area contributed by atoms with E-state index in [-0.39, 0.29) is 17.3 Å². The van der Waals surface area contributed by atoms with Crippen molar-refractivity contribution in [2.24, 2.45) is 11.1 Å². The fraction of sp³-hybridized carbons (Fsp3) is 0.333. The van der Waals surface area contributed by atoms with Crippen LogP contribution in [-0.4, -0.2) is 43.1 Å². The maximum Gasteiger partial charge on any atom is 0.228 e. The largest absolute Gasteiger partial charge is 0.370 e. The number of nitrogens with one attached hydrogen (secondary N) is 2. The molecular formula is C30H38N4OP+. The zero-order chi connectivity index (χ0) is 25.4. The number of nitrogens with zero attached hydrogens (tertiary/aromatic N) is 1. The van der Waals surface area contributed by atoms with Gasteiger partial charge in [-0.25, -0.2) is 0 Å². The summed E-state index contributed by atoms with van der Waals surface area (Å²) in [4.78, 5) is 14.4. The van der Waals surface area contributed by atoms with Gasteiger partial charge >= 0.3 is 0 Å². The summed E-state index contributed by atoms with van der Waals surface area (Å²) < 4.78 is 0. The summed E-state index contributed by atoms with van der Waals surface area (Å²) in [5.41, 5.74) is 5.20. The molecule has 0 heterocycles. The molecule has 1 aliphatic rings. The lowest BCUT2D eigenvalue weighted by Gasteiger charge is -2.27. The number of carbonyl (C=O) groups excluding carboxylic acids is 1. The molecule has 36 heavy (non-hydrogen) atoms. The van der Waals surface area contributed by atoms with E-state index in [0.717, 1.165) is 38.3 Å². The van der Waals surface area contributed by atoms with E-state index >= 15 is 0 Å². The second-order valence-electron chi connectivity index (χ2n) is 9.88. The third kappa shape index (κ3) is 5.79. The Hall–Kier alpha value is -3.17. The van der Waals surface area contributed by atoms with Crippen LogP contribution < -0.4 is 27.0 Å². The zero-order valence-electron chi connectivity index (χ0n) is 21.2. The van der Waals surface area contributed by atoms with Crippen LogP contribution in [-0.2, 0) is 4.79 Å². The summed E-state index contributed by atoms with van der Waals surface area (Å²) in [6.45, 7) is 1.21. The van der Waals surface area contributed by atoms with E-state index in [0.29, 0.717) is 13.1 Å². The molecule has 0 aromatic heterocycles. The fourth-order valence-electron chi connectivity index (χ4n) is 5.07. The van der Waals surface area contributed by atoms with Crippen molar-refractivity contribution in [1.82, 2.24) is 10.2 Å². The lowest BCUT2D eigenvalue weighted by atomic mass is 10.1. The first-order valence-corrected chi connectivity index (χ1v) is 14.8. The normalized spacial score (nSPS) is 14.1. The quantitative estimate of drug-likeness (QED) is 0.153. The monoisotopic (exact) mass is 501 g/mol. The molecule has 3 aromatic rings. The van der Waals surface area contributed by atoms with E-state index in [4.69, 9.17) is 11.1 Å². The maximum atomic E-state index is 12.8. The molecular weight excluding hydrogens is 463 g/mol. The highest BCUT2D eigenvalue weighted by Crippen LogP contribution is 2.56. The van der Waals surface area contributed by atoms with Crippen LogP contribution in [0.15, 0.2) is 91.0 Å².